The average molecular weight is 250 g/mol. The number of non-ortho nitro benzene ring substituents is 1. The van der Waals surface area contributed by atoms with Gasteiger partial charge in [-0.1, -0.05) is 12.8 Å². The summed E-state index contributed by atoms with van der Waals surface area (Å²) in [5, 5.41) is 13.8. The molecule has 0 bridgehead atoms. The van der Waals surface area contributed by atoms with E-state index in [0.29, 0.717) is 5.92 Å². The van der Waals surface area contributed by atoms with Crippen LogP contribution < -0.4 is 5.32 Å². The number of fused-ring (bicyclic) bond motifs is 1. The summed E-state index contributed by atoms with van der Waals surface area (Å²) in [5.74, 6) is 1.01. The Balaban J connectivity index is 1.78. The van der Waals surface area contributed by atoms with Gasteiger partial charge < -0.3 is 5.32 Å². The van der Waals surface area contributed by atoms with E-state index in [-0.39, 0.29) is 17.4 Å². The molecule has 2 aliphatic carbocycles. The predicted molar refractivity (Wildman–Crippen MR) is 65.9 cm³/mol. The first-order chi connectivity index (χ1) is 8.65. The Morgan fingerprint density at radius 1 is 1.39 bits per heavy atom. The van der Waals surface area contributed by atoms with Crippen molar-refractivity contribution in [1.82, 2.24) is 0 Å². The number of benzene rings is 1. The van der Waals surface area contributed by atoms with E-state index in [9.17, 15) is 14.5 Å². The zero-order chi connectivity index (χ0) is 12.7. The molecule has 1 N–H and O–H groups in total. The number of nitro groups is 1. The third-order valence-electron chi connectivity index (χ3n) is 4.09. The summed E-state index contributed by atoms with van der Waals surface area (Å²) in [6.07, 6.45) is 4.69. The summed E-state index contributed by atoms with van der Waals surface area (Å²) in [6.45, 7) is 0. The Labute approximate surface area is 104 Å². The fourth-order valence-corrected chi connectivity index (χ4v) is 3.03. The molecule has 18 heavy (non-hydrogen) atoms. The van der Waals surface area contributed by atoms with Crippen LogP contribution >= 0.6 is 0 Å². The van der Waals surface area contributed by atoms with Crippen molar-refractivity contribution in [3.05, 3.63) is 34.1 Å². The van der Waals surface area contributed by atoms with Crippen molar-refractivity contribution in [3.63, 3.8) is 0 Å². The van der Waals surface area contributed by atoms with Gasteiger partial charge in [-0.25, -0.2) is 4.39 Å². The topological polar surface area (TPSA) is 55.2 Å². The van der Waals surface area contributed by atoms with E-state index >= 15 is 0 Å². The monoisotopic (exact) mass is 250 g/mol. The van der Waals surface area contributed by atoms with Crippen LogP contribution in [0.4, 0.5) is 15.8 Å². The highest BCUT2D eigenvalue weighted by molar-refractivity contribution is 5.53. The van der Waals surface area contributed by atoms with Crippen molar-refractivity contribution in [2.45, 2.75) is 31.7 Å². The zero-order valence-corrected chi connectivity index (χ0v) is 9.93. The smallest absolute Gasteiger partial charge is 0.271 e. The number of nitrogens with one attached hydrogen (secondary N) is 1. The van der Waals surface area contributed by atoms with Crippen molar-refractivity contribution < 1.29 is 9.31 Å². The molecule has 2 fully saturated rings. The van der Waals surface area contributed by atoms with Gasteiger partial charge >= 0.3 is 0 Å². The lowest BCUT2D eigenvalue weighted by atomic mass is 9.95. The fourth-order valence-electron chi connectivity index (χ4n) is 3.03. The number of nitro benzene ring substituents is 1. The Morgan fingerprint density at radius 2 is 2.22 bits per heavy atom. The second-order valence-electron chi connectivity index (χ2n) is 5.26. The van der Waals surface area contributed by atoms with E-state index in [2.05, 4.69) is 5.32 Å². The average Bonchev–Trinajstić information content (AvgIpc) is 3.11. The first-order valence-corrected chi connectivity index (χ1v) is 6.35. The summed E-state index contributed by atoms with van der Waals surface area (Å²) >= 11 is 0. The van der Waals surface area contributed by atoms with Gasteiger partial charge in [0.1, 0.15) is 5.82 Å². The molecule has 1 unspecified atom stereocenters. The zero-order valence-electron chi connectivity index (χ0n) is 9.93. The van der Waals surface area contributed by atoms with Crippen LogP contribution in [0, 0.1) is 27.8 Å². The van der Waals surface area contributed by atoms with Crippen molar-refractivity contribution in [1.29, 1.82) is 0 Å². The third-order valence-corrected chi connectivity index (χ3v) is 4.09. The summed E-state index contributed by atoms with van der Waals surface area (Å²) < 4.78 is 13.6. The SMILES string of the molecule is O=[N+]([O-])c1ccc(F)c(NC2CCC[C@H]3C[C@@H]23)c1. The van der Waals surface area contributed by atoms with Crippen LogP contribution in [0.5, 0.6) is 0 Å². The molecular weight excluding hydrogens is 235 g/mol. The van der Waals surface area contributed by atoms with Gasteiger partial charge in [0.15, 0.2) is 0 Å². The molecule has 1 aromatic rings. The third kappa shape index (κ3) is 2.05. The normalized spacial score (nSPS) is 29.5. The number of rotatable bonds is 3. The van der Waals surface area contributed by atoms with Crippen molar-refractivity contribution >= 4 is 11.4 Å². The molecule has 2 aliphatic rings. The lowest BCUT2D eigenvalue weighted by Gasteiger charge is -2.23. The van der Waals surface area contributed by atoms with E-state index in [1.807, 2.05) is 0 Å². The van der Waals surface area contributed by atoms with E-state index < -0.39 is 10.7 Å². The summed E-state index contributed by atoms with van der Waals surface area (Å²) in [6, 6.07) is 3.93. The summed E-state index contributed by atoms with van der Waals surface area (Å²) in [4.78, 5) is 10.2. The van der Waals surface area contributed by atoms with Gasteiger partial charge in [-0.15, -0.1) is 0 Å². The molecule has 0 aliphatic heterocycles. The molecule has 5 heteroatoms. The lowest BCUT2D eigenvalue weighted by molar-refractivity contribution is -0.384. The van der Waals surface area contributed by atoms with Crippen molar-refractivity contribution in [2.24, 2.45) is 11.8 Å². The Morgan fingerprint density at radius 3 is 3.00 bits per heavy atom. The van der Waals surface area contributed by atoms with Crippen molar-refractivity contribution in [2.75, 3.05) is 5.32 Å². The van der Waals surface area contributed by atoms with Crippen LogP contribution in [-0.2, 0) is 0 Å². The molecule has 4 nitrogen and oxygen atoms in total. The van der Waals surface area contributed by atoms with E-state index in [1.54, 1.807) is 0 Å². The lowest BCUT2D eigenvalue weighted by Crippen LogP contribution is -2.26. The van der Waals surface area contributed by atoms with Crippen LogP contribution in [-0.4, -0.2) is 11.0 Å². The summed E-state index contributed by atoms with van der Waals surface area (Å²) in [7, 11) is 0. The van der Waals surface area contributed by atoms with Gasteiger partial charge in [-0.3, -0.25) is 10.1 Å². The first-order valence-electron chi connectivity index (χ1n) is 6.35. The molecule has 0 aromatic heterocycles. The molecule has 0 spiro atoms. The number of halogens is 1. The standard InChI is InChI=1S/C13H15FN2O2/c14-11-5-4-9(16(17)18)7-13(11)15-12-3-1-2-8-6-10(8)12/h4-5,7-8,10,12,15H,1-3,6H2/t8-,10+,12?/m0/s1. The van der Waals surface area contributed by atoms with Gasteiger partial charge in [0, 0.05) is 18.2 Å². The first kappa shape index (κ1) is 11.4. The molecule has 1 aromatic carbocycles. The van der Waals surface area contributed by atoms with E-state index in [1.165, 1.54) is 25.0 Å². The molecular formula is C13H15FN2O2. The fraction of sp³-hybridized carbons (Fsp3) is 0.538. The summed E-state index contributed by atoms with van der Waals surface area (Å²) in [5.41, 5.74) is 0.198. The van der Waals surface area contributed by atoms with Crippen LogP contribution in [0.2, 0.25) is 0 Å². The highest BCUT2D eigenvalue weighted by Crippen LogP contribution is 2.50. The van der Waals surface area contributed by atoms with Gasteiger partial charge in [0.05, 0.1) is 10.6 Å². The largest absolute Gasteiger partial charge is 0.379 e. The van der Waals surface area contributed by atoms with Crippen LogP contribution in [0.15, 0.2) is 18.2 Å². The predicted octanol–water partition coefficient (Wildman–Crippen LogP) is 3.33. The number of nitrogens with zero attached hydrogens (tertiary/aromatic N) is 1. The molecule has 96 valence electrons. The van der Waals surface area contributed by atoms with E-state index in [0.717, 1.165) is 24.8 Å². The molecule has 0 amide bonds. The molecule has 0 saturated heterocycles. The maximum atomic E-state index is 13.6. The number of anilines is 1. The van der Waals surface area contributed by atoms with Gasteiger partial charge in [-0.2, -0.15) is 0 Å². The van der Waals surface area contributed by atoms with Gasteiger partial charge in [-0.05, 0) is 30.7 Å². The van der Waals surface area contributed by atoms with Crippen LogP contribution in [0.1, 0.15) is 25.7 Å². The highest BCUT2D eigenvalue weighted by atomic mass is 19.1. The molecule has 0 radical (unpaired) electrons. The minimum Gasteiger partial charge on any atom is -0.379 e. The van der Waals surface area contributed by atoms with Crippen LogP contribution in [0.25, 0.3) is 0 Å². The van der Waals surface area contributed by atoms with Crippen LogP contribution in [0.3, 0.4) is 0 Å². The number of hydrogen-bond donors (Lipinski definition) is 1. The maximum Gasteiger partial charge on any atom is 0.271 e. The molecule has 0 heterocycles. The second kappa shape index (κ2) is 4.23. The Kier molecular flexibility index (Phi) is 2.69. The minimum absolute atomic E-state index is 0.0675. The number of hydrogen-bond acceptors (Lipinski definition) is 3. The molecule has 2 saturated carbocycles. The molecule has 3 rings (SSSR count). The van der Waals surface area contributed by atoms with E-state index in [4.69, 9.17) is 0 Å². The Hall–Kier alpha value is -1.65. The quantitative estimate of drug-likeness (QED) is 0.661. The Bertz CT molecular complexity index is 492. The maximum absolute atomic E-state index is 13.6. The van der Waals surface area contributed by atoms with Crippen molar-refractivity contribution in [3.8, 4) is 0 Å². The highest BCUT2D eigenvalue weighted by Gasteiger charge is 2.45. The molecule has 3 atom stereocenters. The van der Waals surface area contributed by atoms with Gasteiger partial charge in [0.25, 0.3) is 5.69 Å². The second-order valence-corrected chi connectivity index (χ2v) is 5.26. The minimum atomic E-state index is -0.495. The van der Waals surface area contributed by atoms with Gasteiger partial charge in [0.2, 0.25) is 0 Å².